The molecule has 0 fully saturated rings. The zero-order chi connectivity index (χ0) is 9.61. The first-order chi connectivity index (χ1) is 5.56. The highest BCUT2D eigenvalue weighted by atomic mass is 16.5. The second-order valence-electron chi connectivity index (χ2n) is 2.98. The van der Waals surface area contributed by atoms with Crippen molar-refractivity contribution in [1.29, 1.82) is 0 Å². The summed E-state index contributed by atoms with van der Waals surface area (Å²) < 4.78 is 4.84. The topological polar surface area (TPSA) is 58.6 Å². The highest BCUT2D eigenvalue weighted by Crippen LogP contribution is 2.11. The summed E-state index contributed by atoms with van der Waals surface area (Å²) >= 11 is 0. The molecule has 0 saturated carbocycles. The third-order valence-electron chi connectivity index (χ3n) is 2.05. The van der Waals surface area contributed by atoms with Gasteiger partial charge in [-0.25, -0.2) is 0 Å². The number of ether oxygens (including phenoxy) is 1. The van der Waals surface area contributed by atoms with E-state index in [1.807, 2.05) is 0 Å². The van der Waals surface area contributed by atoms with Crippen LogP contribution in [-0.4, -0.2) is 37.4 Å². The standard InChI is InChI=1S/C8H17NO3/c1-8(9-2,7(10)11)5-4-6-12-3/h9H,4-6H2,1-3H3,(H,10,11). The summed E-state index contributed by atoms with van der Waals surface area (Å²) in [7, 11) is 3.26. The minimum absolute atomic E-state index is 0.576. The quantitative estimate of drug-likeness (QED) is 0.576. The van der Waals surface area contributed by atoms with Crippen molar-refractivity contribution in [2.45, 2.75) is 25.3 Å². The number of aliphatic carboxylic acids is 1. The normalized spacial score (nSPS) is 15.6. The number of nitrogens with one attached hydrogen (secondary N) is 1. The molecule has 1 unspecified atom stereocenters. The summed E-state index contributed by atoms with van der Waals surface area (Å²) in [5, 5.41) is 11.6. The molecule has 0 bridgehead atoms. The van der Waals surface area contributed by atoms with Crippen molar-refractivity contribution in [1.82, 2.24) is 5.32 Å². The van der Waals surface area contributed by atoms with Crippen molar-refractivity contribution in [3.63, 3.8) is 0 Å². The van der Waals surface area contributed by atoms with Crippen LogP contribution in [0.25, 0.3) is 0 Å². The van der Waals surface area contributed by atoms with E-state index in [9.17, 15) is 4.79 Å². The predicted molar refractivity (Wildman–Crippen MR) is 46.2 cm³/mol. The Morgan fingerprint density at radius 3 is 2.58 bits per heavy atom. The van der Waals surface area contributed by atoms with Gasteiger partial charge in [-0.05, 0) is 26.8 Å². The van der Waals surface area contributed by atoms with Crippen LogP contribution < -0.4 is 5.32 Å². The van der Waals surface area contributed by atoms with Crippen LogP contribution in [0.5, 0.6) is 0 Å². The number of carbonyl (C=O) groups is 1. The van der Waals surface area contributed by atoms with Crippen molar-refractivity contribution in [3.8, 4) is 0 Å². The van der Waals surface area contributed by atoms with Gasteiger partial charge in [-0.2, -0.15) is 0 Å². The largest absolute Gasteiger partial charge is 0.480 e. The Balaban J connectivity index is 3.88. The van der Waals surface area contributed by atoms with Crippen LogP contribution >= 0.6 is 0 Å². The lowest BCUT2D eigenvalue weighted by atomic mass is 9.96. The Bertz CT molecular complexity index is 149. The SMILES string of the molecule is CNC(C)(CCCOC)C(=O)O. The Hall–Kier alpha value is -0.610. The van der Waals surface area contributed by atoms with E-state index in [0.717, 1.165) is 6.42 Å². The second-order valence-corrected chi connectivity index (χ2v) is 2.98. The number of rotatable bonds is 6. The number of carboxylic acids is 1. The molecule has 2 N–H and O–H groups in total. The first-order valence-corrected chi connectivity index (χ1v) is 3.98. The fraction of sp³-hybridized carbons (Fsp3) is 0.875. The molecule has 0 spiro atoms. The fourth-order valence-corrected chi connectivity index (χ4v) is 0.909. The molecule has 0 radical (unpaired) electrons. The molecule has 4 heteroatoms. The molecule has 0 aromatic rings. The van der Waals surface area contributed by atoms with Gasteiger partial charge in [0.25, 0.3) is 0 Å². The van der Waals surface area contributed by atoms with Gasteiger partial charge in [-0.15, -0.1) is 0 Å². The number of likely N-dealkylation sites (N-methyl/N-ethyl adjacent to an activating group) is 1. The molecule has 4 nitrogen and oxygen atoms in total. The summed E-state index contributed by atoms with van der Waals surface area (Å²) in [5.74, 6) is -0.818. The van der Waals surface area contributed by atoms with Crippen molar-refractivity contribution in [2.75, 3.05) is 20.8 Å². The molecule has 0 aromatic heterocycles. The Morgan fingerprint density at radius 1 is 1.67 bits per heavy atom. The van der Waals surface area contributed by atoms with Crippen LogP contribution in [0.2, 0.25) is 0 Å². The van der Waals surface area contributed by atoms with Crippen molar-refractivity contribution >= 4 is 5.97 Å². The molecule has 1 atom stereocenters. The summed E-state index contributed by atoms with van der Waals surface area (Å²) in [5.41, 5.74) is -0.821. The Labute approximate surface area is 72.9 Å². The highest BCUT2D eigenvalue weighted by molar-refractivity contribution is 5.78. The number of methoxy groups -OCH3 is 1. The summed E-state index contributed by atoms with van der Waals surface area (Å²) in [6, 6.07) is 0. The van der Waals surface area contributed by atoms with Gasteiger partial charge in [0.2, 0.25) is 0 Å². The van der Waals surface area contributed by atoms with Gasteiger partial charge >= 0.3 is 5.97 Å². The third-order valence-corrected chi connectivity index (χ3v) is 2.05. The van der Waals surface area contributed by atoms with Crippen LogP contribution in [0, 0.1) is 0 Å². The maximum atomic E-state index is 10.7. The van der Waals surface area contributed by atoms with Gasteiger partial charge in [0.1, 0.15) is 5.54 Å². The molecular weight excluding hydrogens is 158 g/mol. The molecule has 72 valence electrons. The van der Waals surface area contributed by atoms with Gasteiger partial charge in [-0.1, -0.05) is 0 Å². The average molecular weight is 175 g/mol. The molecule has 0 aliphatic rings. The lowest BCUT2D eigenvalue weighted by molar-refractivity contribution is -0.144. The van der Waals surface area contributed by atoms with E-state index >= 15 is 0 Å². The van der Waals surface area contributed by atoms with Crippen LogP contribution in [0.1, 0.15) is 19.8 Å². The van der Waals surface area contributed by atoms with Gasteiger partial charge < -0.3 is 15.2 Å². The maximum Gasteiger partial charge on any atom is 0.323 e. The second kappa shape index (κ2) is 5.11. The first-order valence-electron chi connectivity index (χ1n) is 3.98. The van der Waals surface area contributed by atoms with E-state index in [2.05, 4.69) is 5.32 Å². The molecule has 0 heterocycles. The molecule has 0 aromatic carbocycles. The minimum atomic E-state index is -0.821. The van der Waals surface area contributed by atoms with E-state index in [0.29, 0.717) is 13.0 Å². The zero-order valence-corrected chi connectivity index (χ0v) is 7.89. The van der Waals surface area contributed by atoms with Crippen LogP contribution in [0.3, 0.4) is 0 Å². The smallest absolute Gasteiger partial charge is 0.323 e. The molecule has 0 aliphatic carbocycles. The summed E-state index contributed by atoms with van der Waals surface area (Å²) in [4.78, 5) is 10.7. The highest BCUT2D eigenvalue weighted by Gasteiger charge is 2.29. The molecule has 0 amide bonds. The summed E-state index contributed by atoms with van der Waals surface area (Å²) in [6.07, 6.45) is 1.33. The van der Waals surface area contributed by atoms with Crippen molar-refractivity contribution < 1.29 is 14.6 Å². The summed E-state index contributed by atoms with van der Waals surface area (Å²) in [6.45, 7) is 2.27. The minimum Gasteiger partial charge on any atom is -0.480 e. The molecule has 0 rings (SSSR count). The van der Waals surface area contributed by atoms with Crippen molar-refractivity contribution in [3.05, 3.63) is 0 Å². The van der Waals surface area contributed by atoms with E-state index in [1.165, 1.54) is 0 Å². The average Bonchev–Trinajstić information content (AvgIpc) is 2.04. The maximum absolute atomic E-state index is 10.7. The van der Waals surface area contributed by atoms with E-state index < -0.39 is 11.5 Å². The molecule has 0 saturated heterocycles. The van der Waals surface area contributed by atoms with Crippen LogP contribution in [-0.2, 0) is 9.53 Å². The Kier molecular flexibility index (Phi) is 4.85. The van der Waals surface area contributed by atoms with E-state index in [1.54, 1.807) is 21.1 Å². The number of hydrogen-bond acceptors (Lipinski definition) is 3. The van der Waals surface area contributed by atoms with E-state index in [4.69, 9.17) is 9.84 Å². The zero-order valence-electron chi connectivity index (χ0n) is 7.89. The Morgan fingerprint density at radius 2 is 2.25 bits per heavy atom. The fourth-order valence-electron chi connectivity index (χ4n) is 0.909. The molecule has 0 aliphatic heterocycles. The monoisotopic (exact) mass is 175 g/mol. The first kappa shape index (κ1) is 11.4. The molecular formula is C8H17NO3. The van der Waals surface area contributed by atoms with Crippen molar-refractivity contribution in [2.24, 2.45) is 0 Å². The third kappa shape index (κ3) is 3.19. The molecule has 12 heavy (non-hydrogen) atoms. The van der Waals surface area contributed by atoms with E-state index in [-0.39, 0.29) is 0 Å². The van der Waals surface area contributed by atoms with Gasteiger partial charge in [0.05, 0.1) is 0 Å². The predicted octanol–water partition coefficient (Wildman–Crippen LogP) is 0.476. The number of carboxylic acid groups (broad SMARTS) is 1. The van der Waals surface area contributed by atoms with Gasteiger partial charge in [0, 0.05) is 13.7 Å². The number of hydrogen-bond donors (Lipinski definition) is 2. The van der Waals surface area contributed by atoms with Crippen LogP contribution in [0.15, 0.2) is 0 Å². The lowest BCUT2D eigenvalue weighted by Gasteiger charge is -2.23. The van der Waals surface area contributed by atoms with Crippen LogP contribution in [0.4, 0.5) is 0 Å². The van der Waals surface area contributed by atoms with Gasteiger partial charge in [-0.3, -0.25) is 4.79 Å². The lowest BCUT2D eigenvalue weighted by Crippen LogP contribution is -2.47. The van der Waals surface area contributed by atoms with Gasteiger partial charge in [0.15, 0.2) is 0 Å².